The summed E-state index contributed by atoms with van der Waals surface area (Å²) in [6.45, 7) is 5.06. The van der Waals surface area contributed by atoms with Crippen LogP contribution in [-0.4, -0.2) is 36.6 Å². The summed E-state index contributed by atoms with van der Waals surface area (Å²) < 4.78 is 37.6. The van der Waals surface area contributed by atoms with Gasteiger partial charge in [-0.3, -0.25) is 4.79 Å². The van der Waals surface area contributed by atoms with E-state index in [1.165, 1.54) is 6.07 Å². The molecule has 0 radical (unpaired) electrons. The Hall–Kier alpha value is -2.63. The molecule has 3 rings (SSSR count). The van der Waals surface area contributed by atoms with Crippen LogP contribution < -0.4 is 9.47 Å². The number of hydrogen-bond acceptors (Lipinski definition) is 3. The molecule has 144 valence electrons. The smallest absolute Gasteiger partial charge is 0.260 e. The van der Waals surface area contributed by atoms with Crippen molar-refractivity contribution in [1.82, 2.24) is 4.90 Å². The first-order valence-electron chi connectivity index (χ1n) is 9.02. The van der Waals surface area contributed by atoms with Crippen molar-refractivity contribution in [2.45, 2.75) is 32.8 Å². The molecule has 2 aromatic rings. The molecule has 1 amide bonds. The van der Waals surface area contributed by atoms with Gasteiger partial charge >= 0.3 is 0 Å². The van der Waals surface area contributed by atoms with Crippen molar-refractivity contribution in [2.75, 3.05) is 19.7 Å². The summed E-state index contributed by atoms with van der Waals surface area (Å²) in [4.78, 5) is 14.1. The number of likely N-dealkylation sites (tertiary alicyclic amines) is 1. The molecule has 1 fully saturated rings. The predicted molar refractivity (Wildman–Crippen MR) is 98.0 cm³/mol. The molecule has 0 atom stereocenters. The molecule has 1 aliphatic rings. The van der Waals surface area contributed by atoms with Crippen molar-refractivity contribution in [3.63, 3.8) is 0 Å². The molecule has 1 saturated heterocycles. The van der Waals surface area contributed by atoms with Gasteiger partial charge in [0.1, 0.15) is 17.6 Å². The van der Waals surface area contributed by atoms with Gasteiger partial charge in [-0.1, -0.05) is 12.1 Å². The molecule has 0 aliphatic carbocycles. The van der Waals surface area contributed by atoms with Crippen LogP contribution >= 0.6 is 0 Å². The first kappa shape index (κ1) is 19.1. The Bertz CT molecular complexity index is 817. The van der Waals surface area contributed by atoms with E-state index in [4.69, 9.17) is 9.47 Å². The van der Waals surface area contributed by atoms with Crippen molar-refractivity contribution in [3.05, 3.63) is 59.2 Å². The number of amides is 1. The van der Waals surface area contributed by atoms with Gasteiger partial charge in [0, 0.05) is 32.0 Å². The van der Waals surface area contributed by atoms with Crippen LogP contribution in [0.1, 0.15) is 24.0 Å². The average Bonchev–Trinajstić information content (AvgIpc) is 2.66. The van der Waals surface area contributed by atoms with E-state index >= 15 is 0 Å². The summed E-state index contributed by atoms with van der Waals surface area (Å²) in [5.74, 6) is -0.866. The summed E-state index contributed by atoms with van der Waals surface area (Å²) in [6.07, 6.45) is 1.14. The van der Waals surface area contributed by atoms with Gasteiger partial charge in [-0.25, -0.2) is 8.78 Å². The van der Waals surface area contributed by atoms with Gasteiger partial charge in [-0.15, -0.1) is 0 Å². The maximum absolute atomic E-state index is 13.3. The van der Waals surface area contributed by atoms with Crippen molar-refractivity contribution >= 4 is 5.91 Å². The second kappa shape index (κ2) is 8.37. The molecule has 4 nitrogen and oxygen atoms in total. The summed E-state index contributed by atoms with van der Waals surface area (Å²) >= 11 is 0. The Labute approximate surface area is 157 Å². The van der Waals surface area contributed by atoms with Crippen LogP contribution in [0.25, 0.3) is 0 Å². The molecule has 1 aliphatic heterocycles. The zero-order chi connectivity index (χ0) is 19.4. The molecule has 27 heavy (non-hydrogen) atoms. The van der Waals surface area contributed by atoms with E-state index in [1.807, 2.05) is 32.0 Å². The van der Waals surface area contributed by atoms with Gasteiger partial charge in [0.05, 0.1) is 0 Å². The van der Waals surface area contributed by atoms with Crippen molar-refractivity contribution in [1.29, 1.82) is 0 Å². The molecule has 0 bridgehead atoms. The van der Waals surface area contributed by atoms with Crippen molar-refractivity contribution < 1.29 is 23.0 Å². The van der Waals surface area contributed by atoms with E-state index in [9.17, 15) is 13.6 Å². The minimum absolute atomic E-state index is 0.00100. The van der Waals surface area contributed by atoms with Gasteiger partial charge < -0.3 is 14.4 Å². The standard InChI is InChI=1S/C21H23F2NO3/c1-14-4-3-5-20(15(14)2)26-13-21(25)24-10-8-16(9-11-24)27-17-6-7-18(22)19(23)12-17/h3-7,12,16H,8-11,13H2,1-2H3. The van der Waals surface area contributed by atoms with E-state index < -0.39 is 11.6 Å². The third kappa shape index (κ3) is 4.76. The van der Waals surface area contributed by atoms with Gasteiger partial charge in [0.25, 0.3) is 5.91 Å². The number of nitrogens with zero attached hydrogens (tertiary/aromatic N) is 1. The normalized spacial score (nSPS) is 14.9. The molecule has 6 heteroatoms. The van der Waals surface area contributed by atoms with Crippen LogP contribution in [0.2, 0.25) is 0 Å². The van der Waals surface area contributed by atoms with Gasteiger partial charge in [-0.2, -0.15) is 0 Å². The Kier molecular flexibility index (Phi) is 5.94. The molecule has 0 N–H and O–H groups in total. The zero-order valence-electron chi connectivity index (χ0n) is 15.5. The largest absolute Gasteiger partial charge is 0.490 e. The fourth-order valence-corrected chi connectivity index (χ4v) is 3.08. The van der Waals surface area contributed by atoms with E-state index in [0.717, 1.165) is 29.0 Å². The van der Waals surface area contributed by atoms with Crippen LogP contribution in [0.5, 0.6) is 11.5 Å². The number of carbonyl (C=O) groups excluding carboxylic acids is 1. The number of halogens is 2. The highest BCUT2D eigenvalue weighted by atomic mass is 19.2. The number of piperidine rings is 1. The Balaban J connectivity index is 1.47. The van der Waals surface area contributed by atoms with Crippen LogP contribution in [0.3, 0.4) is 0 Å². The highest BCUT2D eigenvalue weighted by Gasteiger charge is 2.24. The lowest BCUT2D eigenvalue weighted by atomic mass is 10.1. The SMILES string of the molecule is Cc1cccc(OCC(=O)N2CCC(Oc3ccc(F)c(F)c3)CC2)c1C. The predicted octanol–water partition coefficient (Wildman–Crippen LogP) is 4.03. The minimum Gasteiger partial charge on any atom is -0.490 e. The number of aryl methyl sites for hydroxylation is 1. The molecule has 0 saturated carbocycles. The van der Waals surface area contributed by atoms with Crippen molar-refractivity contribution in [3.8, 4) is 11.5 Å². The number of benzene rings is 2. The summed E-state index contributed by atoms with van der Waals surface area (Å²) in [5, 5.41) is 0. The molecular weight excluding hydrogens is 352 g/mol. The summed E-state index contributed by atoms with van der Waals surface area (Å²) in [7, 11) is 0. The third-order valence-corrected chi connectivity index (χ3v) is 4.89. The van der Waals surface area contributed by atoms with Crippen molar-refractivity contribution in [2.24, 2.45) is 0 Å². The maximum atomic E-state index is 13.3. The van der Waals surface area contributed by atoms with E-state index in [2.05, 4.69) is 0 Å². The van der Waals surface area contributed by atoms with E-state index in [1.54, 1.807) is 4.90 Å². The zero-order valence-corrected chi connectivity index (χ0v) is 15.5. The van der Waals surface area contributed by atoms with E-state index in [-0.39, 0.29) is 18.6 Å². The highest BCUT2D eigenvalue weighted by molar-refractivity contribution is 5.78. The quantitative estimate of drug-likeness (QED) is 0.792. The second-order valence-electron chi connectivity index (χ2n) is 6.76. The average molecular weight is 375 g/mol. The third-order valence-electron chi connectivity index (χ3n) is 4.89. The highest BCUT2D eigenvalue weighted by Crippen LogP contribution is 2.22. The first-order valence-corrected chi connectivity index (χ1v) is 9.02. The number of ether oxygens (including phenoxy) is 2. The number of hydrogen-bond donors (Lipinski definition) is 0. The lowest BCUT2D eigenvalue weighted by molar-refractivity contribution is -0.135. The van der Waals surface area contributed by atoms with Gasteiger partial charge in [-0.05, 0) is 43.2 Å². The molecule has 1 heterocycles. The van der Waals surface area contributed by atoms with Gasteiger partial charge in [0.2, 0.25) is 0 Å². The second-order valence-corrected chi connectivity index (χ2v) is 6.76. The monoisotopic (exact) mass is 375 g/mol. The number of carbonyl (C=O) groups is 1. The van der Waals surface area contributed by atoms with E-state index in [0.29, 0.717) is 31.7 Å². The fourth-order valence-electron chi connectivity index (χ4n) is 3.08. The lowest BCUT2D eigenvalue weighted by Gasteiger charge is -2.32. The molecule has 0 unspecified atom stereocenters. The Morgan fingerprint density at radius 1 is 1.11 bits per heavy atom. The molecule has 0 spiro atoms. The minimum atomic E-state index is -0.927. The van der Waals surface area contributed by atoms with Crippen LogP contribution in [0.15, 0.2) is 36.4 Å². The summed E-state index contributed by atoms with van der Waals surface area (Å²) in [5.41, 5.74) is 2.15. The van der Waals surface area contributed by atoms with Crippen LogP contribution in [-0.2, 0) is 4.79 Å². The summed E-state index contributed by atoms with van der Waals surface area (Å²) in [6, 6.07) is 9.27. The topological polar surface area (TPSA) is 38.8 Å². The maximum Gasteiger partial charge on any atom is 0.260 e. The Morgan fingerprint density at radius 3 is 2.56 bits per heavy atom. The molecule has 0 aromatic heterocycles. The number of rotatable bonds is 5. The molecular formula is C21H23F2NO3. The first-order chi connectivity index (χ1) is 12.9. The van der Waals surface area contributed by atoms with Crippen LogP contribution in [0, 0.1) is 25.5 Å². The lowest BCUT2D eigenvalue weighted by Crippen LogP contribution is -2.43. The fraction of sp³-hybridized carbons (Fsp3) is 0.381. The van der Waals surface area contributed by atoms with Crippen LogP contribution in [0.4, 0.5) is 8.78 Å². The van der Waals surface area contributed by atoms with Gasteiger partial charge in [0.15, 0.2) is 18.2 Å². The molecule has 2 aromatic carbocycles. The Morgan fingerprint density at radius 2 is 1.85 bits per heavy atom.